The normalized spacial score (nSPS) is 11.4. The molecule has 0 aromatic carbocycles. The molecule has 0 bridgehead atoms. The molecule has 0 fully saturated rings. The molecule has 6 heteroatoms. The number of aromatic nitrogens is 1. The van der Waals surface area contributed by atoms with E-state index in [1.165, 1.54) is 6.20 Å². The van der Waals surface area contributed by atoms with E-state index in [-0.39, 0.29) is 5.75 Å². The van der Waals surface area contributed by atoms with Crippen LogP contribution in [0.15, 0.2) is 18.3 Å². The summed E-state index contributed by atoms with van der Waals surface area (Å²) in [4.78, 5) is 4.03. The van der Waals surface area contributed by atoms with Crippen molar-refractivity contribution in [3.05, 3.63) is 24.0 Å². The van der Waals surface area contributed by atoms with Crippen LogP contribution in [0.4, 0.5) is 5.69 Å². The fraction of sp³-hybridized carbons (Fsp3) is 0.545. The van der Waals surface area contributed by atoms with Crippen LogP contribution >= 0.6 is 0 Å². The molecule has 1 rings (SSSR count). The molecule has 0 unspecified atom stereocenters. The molecule has 0 aliphatic heterocycles. The van der Waals surface area contributed by atoms with Crippen LogP contribution in [0, 0.1) is 6.92 Å². The highest BCUT2D eigenvalue weighted by Crippen LogP contribution is 2.07. The van der Waals surface area contributed by atoms with Crippen LogP contribution in [0.25, 0.3) is 0 Å². The molecule has 0 radical (unpaired) electrons. The van der Waals surface area contributed by atoms with Crippen LogP contribution in [0.2, 0.25) is 0 Å². The van der Waals surface area contributed by atoms with Gasteiger partial charge < -0.3 is 5.32 Å². The van der Waals surface area contributed by atoms with Crippen LogP contribution in [-0.4, -0.2) is 32.2 Å². The van der Waals surface area contributed by atoms with Crippen LogP contribution in [0.1, 0.15) is 19.0 Å². The van der Waals surface area contributed by atoms with E-state index < -0.39 is 10.0 Å². The molecule has 96 valence electrons. The van der Waals surface area contributed by atoms with Crippen molar-refractivity contribution in [1.29, 1.82) is 0 Å². The highest BCUT2D eigenvalue weighted by molar-refractivity contribution is 7.92. The quantitative estimate of drug-likeness (QED) is 0.718. The molecule has 0 aliphatic carbocycles. The number of pyridine rings is 1. The third-order valence-corrected chi connectivity index (χ3v) is 3.45. The van der Waals surface area contributed by atoms with Crippen molar-refractivity contribution >= 4 is 15.7 Å². The van der Waals surface area contributed by atoms with Crippen LogP contribution in [-0.2, 0) is 10.0 Å². The first kappa shape index (κ1) is 13.9. The first-order valence-corrected chi connectivity index (χ1v) is 7.32. The van der Waals surface area contributed by atoms with E-state index >= 15 is 0 Å². The predicted molar refractivity (Wildman–Crippen MR) is 69.5 cm³/mol. The van der Waals surface area contributed by atoms with Gasteiger partial charge in [0.1, 0.15) is 0 Å². The maximum absolute atomic E-state index is 11.7. The molecule has 0 saturated carbocycles. The Hall–Kier alpha value is -1.14. The standard InChI is InChI=1S/C11H19N3O2S/c1-3-6-12-7-8-17(15,16)14-11-5-4-10(2)13-9-11/h4-5,9,12,14H,3,6-8H2,1-2H3. The van der Waals surface area contributed by atoms with Crippen molar-refractivity contribution in [1.82, 2.24) is 10.3 Å². The number of aryl methyl sites for hydroxylation is 1. The highest BCUT2D eigenvalue weighted by Gasteiger charge is 2.09. The number of hydrogen-bond donors (Lipinski definition) is 2. The van der Waals surface area contributed by atoms with E-state index in [0.717, 1.165) is 18.7 Å². The lowest BCUT2D eigenvalue weighted by Crippen LogP contribution is -2.27. The van der Waals surface area contributed by atoms with Gasteiger partial charge in [-0.05, 0) is 32.0 Å². The third-order valence-electron chi connectivity index (χ3n) is 2.16. The highest BCUT2D eigenvalue weighted by atomic mass is 32.2. The number of nitrogens with zero attached hydrogens (tertiary/aromatic N) is 1. The topological polar surface area (TPSA) is 71.1 Å². The zero-order chi connectivity index (χ0) is 12.7. The van der Waals surface area contributed by atoms with Crippen molar-refractivity contribution in [2.75, 3.05) is 23.6 Å². The van der Waals surface area contributed by atoms with Gasteiger partial charge in [0, 0.05) is 12.2 Å². The van der Waals surface area contributed by atoms with E-state index in [4.69, 9.17) is 0 Å². The zero-order valence-corrected chi connectivity index (χ0v) is 11.0. The molecule has 0 spiro atoms. The number of rotatable bonds is 7. The molecular weight excluding hydrogens is 238 g/mol. The van der Waals surface area contributed by atoms with Gasteiger partial charge in [-0.25, -0.2) is 8.42 Å². The zero-order valence-electron chi connectivity index (χ0n) is 10.2. The second-order valence-corrected chi connectivity index (χ2v) is 5.70. The number of nitrogens with one attached hydrogen (secondary N) is 2. The largest absolute Gasteiger partial charge is 0.316 e. The van der Waals surface area contributed by atoms with E-state index in [2.05, 4.69) is 15.0 Å². The van der Waals surface area contributed by atoms with Crippen molar-refractivity contribution in [2.45, 2.75) is 20.3 Å². The minimum atomic E-state index is -3.28. The Bertz CT molecular complexity index is 429. The Kier molecular flexibility index (Phi) is 5.37. The van der Waals surface area contributed by atoms with E-state index in [1.54, 1.807) is 12.1 Å². The second kappa shape index (κ2) is 6.56. The lowest BCUT2D eigenvalue weighted by Gasteiger charge is -2.08. The van der Waals surface area contributed by atoms with Gasteiger partial charge in [0.05, 0.1) is 17.6 Å². The first-order valence-electron chi connectivity index (χ1n) is 5.67. The maximum atomic E-state index is 11.7. The molecule has 0 atom stereocenters. The van der Waals surface area contributed by atoms with Crippen molar-refractivity contribution in [2.24, 2.45) is 0 Å². The van der Waals surface area contributed by atoms with Crippen LogP contribution in [0.3, 0.4) is 0 Å². The van der Waals surface area contributed by atoms with Gasteiger partial charge in [0.2, 0.25) is 10.0 Å². The molecule has 2 N–H and O–H groups in total. The van der Waals surface area contributed by atoms with Gasteiger partial charge in [-0.3, -0.25) is 9.71 Å². The summed E-state index contributed by atoms with van der Waals surface area (Å²) >= 11 is 0. The van der Waals surface area contributed by atoms with Gasteiger partial charge in [-0.2, -0.15) is 0 Å². The summed E-state index contributed by atoms with van der Waals surface area (Å²) in [5.74, 6) is 0.0703. The lowest BCUT2D eigenvalue weighted by atomic mass is 10.4. The molecule has 1 heterocycles. The maximum Gasteiger partial charge on any atom is 0.234 e. The van der Waals surface area contributed by atoms with Gasteiger partial charge in [0.25, 0.3) is 0 Å². The first-order chi connectivity index (χ1) is 8.03. The average molecular weight is 257 g/mol. The van der Waals surface area contributed by atoms with Gasteiger partial charge in [-0.1, -0.05) is 6.92 Å². The van der Waals surface area contributed by atoms with Crippen molar-refractivity contribution in [3.63, 3.8) is 0 Å². The Morgan fingerprint density at radius 3 is 2.65 bits per heavy atom. The van der Waals surface area contributed by atoms with Crippen LogP contribution in [0.5, 0.6) is 0 Å². The van der Waals surface area contributed by atoms with Crippen molar-refractivity contribution < 1.29 is 8.42 Å². The molecule has 1 aromatic heterocycles. The minimum Gasteiger partial charge on any atom is -0.316 e. The van der Waals surface area contributed by atoms with Gasteiger partial charge >= 0.3 is 0 Å². The van der Waals surface area contributed by atoms with E-state index in [1.807, 2.05) is 13.8 Å². The summed E-state index contributed by atoms with van der Waals surface area (Å²) < 4.78 is 25.8. The van der Waals surface area contributed by atoms with Gasteiger partial charge in [-0.15, -0.1) is 0 Å². The summed E-state index contributed by atoms with van der Waals surface area (Å²) in [6.45, 7) is 5.19. The summed E-state index contributed by atoms with van der Waals surface area (Å²) in [7, 11) is -3.28. The van der Waals surface area contributed by atoms with Crippen LogP contribution < -0.4 is 10.0 Å². The number of hydrogen-bond acceptors (Lipinski definition) is 4. The molecule has 0 aliphatic rings. The second-order valence-electron chi connectivity index (χ2n) is 3.86. The van der Waals surface area contributed by atoms with Crippen molar-refractivity contribution in [3.8, 4) is 0 Å². The Balaban J connectivity index is 2.46. The average Bonchev–Trinajstić information content (AvgIpc) is 2.27. The summed E-state index contributed by atoms with van der Waals surface area (Å²) in [6.07, 6.45) is 2.52. The lowest BCUT2D eigenvalue weighted by molar-refractivity contribution is 0.595. The monoisotopic (exact) mass is 257 g/mol. The fourth-order valence-corrected chi connectivity index (χ4v) is 2.26. The molecule has 5 nitrogen and oxygen atoms in total. The molecule has 1 aromatic rings. The third kappa shape index (κ3) is 5.65. The van der Waals surface area contributed by atoms with Gasteiger partial charge in [0.15, 0.2) is 0 Å². The Morgan fingerprint density at radius 1 is 1.29 bits per heavy atom. The molecule has 17 heavy (non-hydrogen) atoms. The molecule has 0 amide bonds. The minimum absolute atomic E-state index is 0.0703. The summed E-state index contributed by atoms with van der Waals surface area (Å²) in [6, 6.07) is 3.48. The molecule has 0 saturated heterocycles. The fourth-order valence-electron chi connectivity index (χ4n) is 1.27. The summed E-state index contributed by atoms with van der Waals surface area (Å²) in [5.41, 5.74) is 1.36. The SMILES string of the molecule is CCCNCCS(=O)(=O)Nc1ccc(C)nc1. The summed E-state index contributed by atoms with van der Waals surface area (Å²) in [5, 5.41) is 3.05. The van der Waals surface area contributed by atoms with E-state index in [9.17, 15) is 8.42 Å². The number of anilines is 1. The van der Waals surface area contributed by atoms with E-state index in [0.29, 0.717) is 12.2 Å². The number of sulfonamides is 1. The smallest absolute Gasteiger partial charge is 0.234 e. The Labute approximate surface area is 103 Å². The molecular formula is C11H19N3O2S. The Morgan fingerprint density at radius 2 is 2.06 bits per heavy atom. The predicted octanol–water partition coefficient (Wildman–Crippen LogP) is 1.13.